The average Bonchev–Trinajstić information content (AvgIpc) is 2.26. The molecule has 0 heterocycles. The molecule has 2 nitrogen and oxygen atoms in total. The van der Waals surface area contributed by atoms with Crippen LogP contribution in [0.25, 0.3) is 0 Å². The third-order valence-corrected chi connectivity index (χ3v) is 2.43. The van der Waals surface area contributed by atoms with Gasteiger partial charge in [-0.1, -0.05) is 30.0 Å². The minimum absolute atomic E-state index is 0.0534. The molecule has 1 rings (SSSR count). The highest BCUT2D eigenvalue weighted by atomic mass is 16.3. The topological polar surface area (TPSA) is 23.5 Å². The van der Waals surface area contributed by atoms with E-state index >= 15 is 0 Å². The molecule has 0 aliphatic rings. The van der Waals surface area contributed by atoms with Gasteiger partial charge in [0, 0.05) is 18.5 Å². The van der Waals surface area contributed by atoms with E-state index in [1.54, 1.807) is 12.1 Å². The first kappa shape index (κ1) is 15.3. The Hall–Kier alpha value is -1.72. The highest BCUT2D eigenvalue weighted by molar-refractivity contribution is 5.27. The third kappa shape index (κ3) is 7.33. The number of allylic oxidation sites excluding steroid dienone is 1. The number of hydrogen-bond donors (Lipinski definition) is 1. The fourth-order valence-electron chi connectivity index (χ4n) is 1.58. The second-order valence-electron chi connectivity index (χ2n) is 5.79. The maximum Gasteiger partial charge on any atom is 0.115 e. The lowest BCUT2D eigenvalue weighted by atomic mass is 9.98. The zero-order valence-corrected chi connectivity index (χ0v) is 12.3. The fraction of sp³-hybridized carbons (Fsp3) is 0.412. The molecule has 0 radical (unpaired) electrons. The van der Waals surface area contributed by atoms with Gasteiger partial charge in [0.15, 0.2) is 0 Å². The van der Waals surface area contributed by atoms with Crippen LogP contribution in [0, 0.1) is 17.3 Å². The van der Waals surface area contributed by atoms with Gasteiger partial charge >= 0.3 is 0 Å². The van der Waals surface area contributed by atoms with Crippen molar-refractivity contribution in [3.63, 3.8) is 0 Å². The summed E-state index contributed by atoms with van der Waals surface area (Å²) in [6.07, 6.45) is 3.96. The Kier molecular flexibility index (Phi) is 5.66. The first-order valence-corrected chi connectivity index (χ1v) is 6.51. The summed E-state index contributed by atoms with van der Waals surface area (Å²) in [5.74, 6) is 6.54. The van der Waals surface area contributed by atoms with E-state index < -0.39 is 0 Å². The van der Waals surface area contributed by atoms with E-state index in [-0.39, 0.29) is 5.41 Å². The van der Waals surface area contributed by atoms with E-state index in [2.05, 4.69) is 43.6 Å². The van der Waals surface area contributed by atoms with Gasteiger partial charge in [-0.2, -0.15) is 0 Å². The number of nitrogens with zero attached hydrogens (tertiary/aromatic N) is 1. The minimum Gasteiger partial charge on any atom is -0.508 e. The predicted molar refractivity (Wildman–Crippen MR) is 80.8 cm³/mol. The second-order valence-corrected chi connectivity index (χ2v) is 5.79. The standard InChI is InChI=1S/C17H23NO/c1-17(2,3)11-6-5-7-12-18(4)14-15-9-8-10-16(19)13-15/h5,7-10,13,19H,12,14H2,1-4H3. The van der Waals surface area contributed by atoms with Gasteiger partial charge in [-0.25, -0.2) is 0 Å². The molecule has 0 bridgehead atoms. The molecule has 102 valence electrons. The lowest BCUT2D eigenvalue weighted by Gasteiger charge is -2.14. The third-order valence-electron chi connectivity index (χ3n) is 2.43. The molecule has 0 atom stereocenters. The second kappa shape index (κ2) is 7.01. The molecule has 19 heavy (non-hydrogen) atoms. The van der Waals surface area contributed by atoms with E-state index in [0.29, 0.717) is 5.75 Å². The molecule has 0 unspecified atom stereocenters. The molecule has 0 amide bonds. The van der Waals surface area contributed by atoms with Crippen molar-refractivity contribution in [2.45, 2.75) is 27.3 Å². The Labute approximate surface area is 116 Å². The van der Waals surface area contributed by atoms with Crippen molar-refractivity contribution >= 4 is 0 Å². The maximum atomic E-state index is 9.40. The number of aromatic hydroxyl groups is 1. The molecule has 0 aromatic heterocycles. The molecular formula is C17H23NO. The zero-order chi connectivity index (χ0) is 14.3. The summed E-state index contributed by atoms with van der Waals surface area (Å²) in [5, 5.41) is 9.40. The molecule has 0 saturated heterocycles. The van der Waals surface area contributed by atoms with Gasteiger partial charge in [-0.05, 0) is 51.6 Å². The zero-order valence-electron chi connectivity index (χ0n) is 12.3. The van der Waals surface area contributed by atoms with E-state index in [0.717, 1.165) is 18.7 Å². The Balaban J connectivity index is 2.41. The van der Waals surface area contributed by atoms with Gasteiger partial charge in [0.2, 0.25) is 0 Å². The number of phenolic OH excluding ortho intramolecular Hbond substituents is 1. The summed E-state index contributed by atoms with van der Waals surface area (Å²) in [5.41, 5.74) is 1.16. The van der Waals surface area contributed by atoms with Crippen LogP contribution in [0.3, 0.4) is 0 Å². The highest BCUT2D eigenvalue weighted by Gasteiger charge is 2.02. The van der Waals surface area contributed by atoms with Gasteiger partial charge in [0.05, 0.1) is 0 Å². The highest BCUT2D eigenvalue weighted by Crippen LogP contribution is 2.12. The summed E-state index contributed by atoms with van der Waals surface area (Å²) in [7, 11) is 2.05. The van der Waals surface area contributed by atoms with Gasteiger partial charge in [0.25, 0.3) is 0 Å². The Morgan fingerprint density at radius 3 is 2.68 bits per heavy atom. The number of likely N-dealkylation sites (N-methyl/N-ethyl adjacent to an activating group) is 1. The van der Waals surface area contributed by atoms with Gasteiger partial charge in [-0.15, -0.1) is 0 Å². The van der Waals surface area contributed by atoms with Crippen LogP contribution in [0.15, 0.2) is 36.4 Å². The Morgan fingerprint density at radius 1 is 1.32 bits per heavy atom. The summed E-state index contributed by atoms with van der Waals surface area (Å²) in [6, 6.07) is 7.35. The molecule has 1 N–H and O–H groups in total. The van der Waals surface area contributed by atoms with Crippen LogP contribution >= 0.6 is 0 Å². The number of rotatable bonds is 4. The van der Waals surface area contributed by atoms with Crippen LogP contribution in [0.4, 0.5) is 0 Å². The van der Waals surface area contributed by atoms with Crippen LogP contribution in [-0.2, 0) is 6.54 Å². The fourth-order valence-corrected chi connectivity index (χ4v) is 1.58. The molecular weight excluding hydrogens is 234 g/mol. The molecule has 0 aliphatic heterocycles. The van der Waals surface area contributed by atoms with Crippen molar-refractivity contribution in [3.8, 4) is 17.6 Å². The van der Waals surface area contributed by atoms with E-state index in [1.807, 2.05) is 25.3 Å². The van der Waals surface area contributed by atoms with Crippen molar-refractivity contribution in [3.05, 3.63) is 42.0 Å². The van der Waals surface area contributed by atoms with Gasteiger partial charge in [-0.3, -0.25) is 4.90 Å². The lowest BCUT2D eigenvalue weighted by molar-refractivity contribution is 0.362. The molecule has 0 aliphatic carbocycles. The monoisotopic (exact) mass is 257 g/mol. The normalized spacial score (nSPS) is 11.6. The van der Waals surface area contributed by atoms with E-state index in [4.69, 9.17) is 0 Å². The van der Waals surface area contributed by atoms with Crippen LogP contribution < -0.4 is 0 Å². The van der Waals surface area contributed by atoms with Crippen LogP contribution in [0.2, 0.25) is 0 Å². The molecule has 2 heteroatoms. The van der Waals surface area contributed by atoms with Crippen molar-refractivity contribution in [1.29, 1.82) is 0 Å². The molecule has 0 spiro atoms. The van der Waals surface area contributed by atoms with E-state index in [9.17, 15) is 5.11 Å². The van der Waals surface area contributed by atoms with E-state index in [1.165, 1.54) is 0 Å². The van der Waals surface area contributed by atoms with Gasteiger partial charge in [0.1, 0.15) is 5.75 Å². The number of benzene rings is 1. The van der Waals surface area contributed by atoms with Crippen LogP contribution in [0.5, 0.6) is 5.75 Å². The van der Waals surface area contributed by atoms with Crippen LogP contribution in [-0.4, -0.2) is 23.6 Å². The Bertz CT molecular complexity index is 486. The SMILES string of the molecule is CN(CC=CC#CC(C)(C)C)Cc1cccc(O)c1. The lowest BCUT2D eigenvalue weighted by Crippen LogP contribution is -2.17. The summed E-state index contributed by atoms with van der Waals surface area (Å²) in [4.78, 5) is 2.17. The maximum absolute atomic E-state index is 9.40. The summed E-state index contributed by atoms with van der Waals surface area (Å²) >= 11 is 0. The average molecular weight is 257 g/mol. The first-order valence-electron chi connectivity index (χ1n) is 6.51. The molecule has 0 saturated carbocycles. The summed E-state index contributed by atoms with van der Waals surface area (Å²) < 4.78 is 0. The molecule has 0 fully saturated rings. The van der Waals surface area contributed by atoms with Crippen molar-refractivity contribution in [1.82, 2.24) is 4.90 Å². The summed E-state index contributed by atoms with van der Waals surface area (Å²) in [6.45, 7) is 7.95. The van der Waals surface area contributed by atoms with Crippen molar-refractivity contribution in [2.24, 2.45) is 5.41 Å². The van der Waals surface area contributed by atoms with Crippen molar-refractivity contribution < 1.29 is 5.11 Å². The first-order chi connectivity index (χ1) is 8.87. The number of phenols is 1. The Morgan fingerprint density at radius 2 is 2.05 bits per heavy atom. The quantitative estimate of drug-likeness (QED) is 0.835. The smallest absolute Gasteiger partial charge is 0.115 e. The minimum atomic E-state index is 0.0534. The largest absolute Gasteiger partial charge is 0.508 e. The van der Waals surface area contributed by atoms with Gasteiger partial charge < -0.3 is 5.11 Å². The predicted octanol–water partition coefficient (Wildman–Crippen LogP) is 3.43. The number of hydrogen-bond acceptors (Lipinski definition) is 2. The van der Waals surface area contributed by atoms with Crippen LogP contribution in [0.1, 0.15) is 26.3 Å². The molecule has 1 aromatic carbocycles. The van der Waals surface area contributed by atoms with Crippen molar-refractivity contribution in [2.75, 3.05) is 13.6 Å². The molecule has 1 aromatic rings.